The van der Waals surface area contributed by atoms with Crippen molar-refractivity contribution in [3.8, 4) is 11.5 Å². The molecular formula is C30H20N4O22S6. The summed E-state index contributed by atoms with van der Waals surface area (Å²) >= 11 is 0. The van der Waals surface area contributed by atoms with Crippen molar-refractivity contribution in [2.45, 2.75) is 19.6 Å². The Morgan fingerprint density at radius 1 is 0.419 bits per heavy atom. The number of anilines is 2. The first kappa shape index (κ1) is 45.5. The predicted molar refractivity (Wildman–Crippen MR) is 209 cm³/mol. The first-order valence-electron chi connectivity index (χ1n) is 15.6. The normalized spacial score (nSPS) is 16.5. The van der Waals surface area contributed by atoms with E-state index in [1.165, 1.54) is 0 Å². The zero-order valence-corrected chi connectivity index (χ0v) is 34.3. The summed E-state index contributed by atoms with van der Waals surface area (Å²) in [5.74, 6) is -5.46. The zero-order valence-electron chi connectivity index (χ0n) is 29.4. The number of rotatable bonds is 10. The lowest BCUT2D eigenvalue weighted by Gasteiger charge is -2.21. The molecule has 0 saturated heterocycles. The standard InChI is InChI=1S/C30H20N4O22S6/c35-20-9-16(59(45,46)47)2-11-1-14(57(39,40)41)7-18(24(11)20)31-33-27-22(61(51,52)53)5-12-3-15(58(42,43)44)8-19(25(12)29(27)37)32-34-28-23(62(54,55)56)6-13-4-17(60(48,49)50)10-21(36)26(13)30(28)38/h1-10,31-32,35-36H,(H,39,40,41)(H,42,43,44)(H,45,46,47)(H,48,49,50)(H,51,52,53)(H,54,55,56). The number of Topliss-reactive ketones (excluding diaryl/α,β-unsaturated/α-hetero) is 2. The summed E-state index contributed by atoms with van der Waals surface area (Å²) in [4.78, 5) is 20.6. The van der Waals surface area contributed by atoms with Crippen LogP contribution in [0.4, 0.5) is 11.4 Å². The number of benzene rings is 4. The maximum Gasteiger partial charge on any atom is 0.296 e. The lowest BCUT2D eigenvalue weighted by Crippen LogP contribution is -2.29. The van der Waals surface area contributed by atoms with E-state index in [1.54, 1.807) is 0 Å². The van der Waals surface area contributed by atoms with Gasteiger partial charge in [0.1, 0.15) is 21.3 Å². The first-order chi connectivity index (χ1) is 28.2. The van der Waals surface area contributed by atoms with Crippen LogP contribution in [0.1, 0.15) is 31.8 Å². The third-order valence-electron chi connectivity index (χ3n) is 8.49. The maximum absolute atomic E-state index is 14.2. The van der Waals surface area contributed by atoms with Crippen LogP contribution in [-0.4, -0.2) is 111 Å². The summed E-state index contributed by atoms with van der Waals surface area (Å²) < 4.78 is 204. The molecule has 0 radical (unpaired) electrons. The third kappa shape index (κ3) is 8.69. The number of nitrogens with zero attached hydrogens (tertiary/aromatic N) is 2. The summed E-state index contributed by atoms with van der Waals surface area (Å²) in [7, 11) is -31.9. The highest BCUT2D eigenvalue weighted by molar-refractivity contribution is 7.91. The number of nitrogens with one attached hydrogen (secondary N) is 2. The van der Waals surface area contributed by atoms with E-state index in [1.807, 2.05) is 10.9 Å². The van der Waals surface area contributed by atoms with E-state index in [2.05, 4.69) is 10.2 Å². The van der Waals surface area contributed by atoms with Crippen LogP contribution in [0.15, 0.2) is 88.1 Å². The average Bonchev–Trinajstić information content (AvgIpc) is 3.10. The molecule has 4 aromatic rings. The number of phenolic OH excluding ortho intramolecular Hbond substituents is 2. The smallest absolute Gasteiger partial charge is 0.296 e. The largest absolute Gasteiger partial charge is 0.507 e. The number of allylic oxidation sites excluding steroid dienone is 2. The number of hydrogen-bond acceptors (Lipinski definition) is 20. The minimum atomic E-state index is -5.62. The Morgan fingerprint density at radius 2 is 0.774 bits per heavy atom. The molecule has 0 amide bonds. The minimum Gasteiger partial charge on any atom is -0.507 e. The molecule has 0 heterocycles. The van der Waals surface area contributed by atoms with Crippen LogP contribution in [0.25, 0.3) is 22.9 Å². The number of hydrazone groups is 2. The van der Waals surface area contributed by atoms with E-state index in [4.69, 9.17) is 0 Å². The van der Waals surface area contributed by atoms with Crippen molar-refractivity contribution in [2.75, 3.05) is 10.9 Å². The van der Waals surface area contributed by atoms with E-state index in [9.17, 15) is 97.6 Å². The topological polar surface area (TPSA) is 450 Å². The number of carbonyl (C=O) groups is 2. The summed E-state index contributed by atoms with van der Waals surface area (Å²) in [6.07, 6.45) is 0.800. The number of carbonyl (C=O) groups excluding carboxylic acids is 2. The third-order valence-corrected chi connectivity index (χ3v) is 13.5. The van der Waals surface area contributed by atoms with E-state index < -0.39 is 169 Å². The highest BCUT2D eigenvalue weighted by atomic mass is 32.2. The fourth-order valence-corrected chi connectivity index (χ4v) is 9.39. The molecule has 0 spiro atoms. The number of ketones is 2. The lowest BCUT2D eigenvalue weighted by atomic mass is 9.93. The van der Waals surface area contributed by atoms with Crippen LogP contribution >= 0.6 is 0 Å². The molecule has 0 unspecified atom stereocenters. The van der Waals surface area contributed by atoms with Gasteiger partial charge in [0, 0.05) is 17.5 Å². The highest BCUT2D eigenvalue weighted by Crippen LogP contribution is 2.39. The molecule has 4 aromatic carbocycles. The fraction of sp³-hybridized carbons (Fsp3) is 0. The number of fused-ring (bicyclic) bond motifs is 3. The molecule has 32 heteroatoms. The number of phenols is 2. The second-order valence-corrected chi connectivity index (χ2v) is 21.0. The molecule has 0 bridgehead atoms. The molecule has 0 aliphatic heterocycles. The fourth-order valence-electron chi connectivity index (χ4n) is 5.92. The summed E-state index contributed by atoms with van der Waals surface area (Å²) in [6, 6.07) is 4.03. The van der Waals surface area contributed by atoms with Gasteiger partial charge in [-0.25, -0.2) is 0 Å². The number of hydrogen-bond donors (Lipinski definition) is 10. The first-order valence-corrected chi connectivity index (χ1v) is 24.2. The zero-order chi connectivity index (χ0) is 46.4. The lowest BCUT2D eigenvalue weighted by molar-refractivity contribution is 0.105. The second-order valence-electron chi connectivity index (χ2n) is 12.5. The van der Waals surface area contributed by atoms with E-state index in [0.29, 0.717) is 60.7 Å². The van der Waals surface area contributed by atoms with Crippen molar-refractivity contribution in [2.24, 2.45) is 10.2 Å². The van der Waals surface area contributed by atoms with Crippen LogP contribution in [-0.2, 0) is 60.7 Å². The predicted octanol–water partition coefficient (Wildman–Crippen LogP) is 1.02. The van der Waals surface area contributed by atoms with Crippen molar-refractivity contribution in [1.29, 1.82) is 0 Å². The van der Waals surface area contributed by atoms with Crippen LogP contribution in [0.5, 0.6) is 11.5 Å². The molecule has 10 N–H and O–H groups in total. The molecule has 26 nitrogen and oxygen atoms in total. The van der Waals surface area contributed by atoms with Crippen LogP contribution in [0, 0.1) is 0 Å². The summed E-state index contributed by atoms with van der Waals surface area (Å²) in [5, 5.41) is 27.2. The van der Waals surface area contributed by atoms with Gasteiger partial charge in [-0.2, -0.15) is 60.7 Å². The van der Waals surface area contributed by atoms with Gasteiger partial charge >= 0.3 is 0 Å². The van der Waals surface area contributed by atoms with E-state index in [0.717, 1.165) is 0 Å². The molecule has 0 saturated carbocycles. The molecule has 328 valence electrons. The Kier molecular flexibility index (Phi) is 10.9. The number of aromatic hydroxyl groups is 2. The van der Waals surface area contributed by atoms with E-state index >= 15 is 0 Å². The van der Waals surface area contributed by atoms with Crippen molar-refractivity contribution in [3.05, 3.63) is 80.6 Å². The van der Waals surface area contributed by atoms with Gasteiger partial charge in [0.25, 0.3) is 60.7 Å². The monoisotopic (exact) mass is 980 g/mol. The highest BCUT2D eigenvalue weighted by Gasteiger charge is 2.38. The van der Waals surface area contributed by atoms with Crippen LogP contribution < -0.4 is 10.9 Å². The quantitative estimate of drug-likeness (QED) is 0.0783. The Bertz CT molecular complexity index is 3610. The maximum atomic E-state index is 14.2. The van der Waals surface area contributed by atoms with Crippen LogP contribution in [0.3, 0.4) is 0 Å². The molecule has 2 aliphatic rings. The van der Waals surface area contributed by atoms with Crippen molar-refractivity contribution >= 4 is 118 Å². The van der Waals surface area contributed by atoms with Crippen molar-refractivity contribution in [1.82, 2.24) is 0 Å². The summed E-state index contributed by atoms with van der Waals surface area (Å²) in [6.45, 7) is 0. The Balaban J connectivity index is 1.57. The molecule has 2 aliphatic carbocycles. The molecule has 62 heavy (non-hydrogen) atoms. The van der Waals surface area contributed by atoms with Gasteiger partial charge in [-0.1, -0.05) is 0 Å². The van der Waals surface area contributed by atoms with Gasteiger partial charge in [0.15, 0.2) is 11.4 Å². The molecule has 0 aromatic heterocycles. The van der Waals surface area contributed by atoms with Crippen molar-refractivity contribution < 1.29 is 97.6 Å². The molecule has 0 fully saturated rings. The van der Waals surface area contributed by atoms with Crippen LogP contribution in [0.2, 0.25) is 0 Å². The second kappa shape index (κ2) is 14.8. The van der Waals surface area contributed by atoms with E-state index in [-0.39, 0.29) is 0 Å². The minimum absolute atomic E-state index is 0.377. The average molecular weight is 981 g/mol. The van der Waals surface area contributed by atoms with Gasteiger partial charge in [0.05, 0.1) is 42.1 Å². The SMILES string of the molecule is O=C1C(=NNc2cc(S(=O)(=O)O)cc3c2C(=O)C(=NNc2cc(S(=O)(=O)O)cc4cc(S(=O)(=O)O)cc(O)c24)C(S(=O)(=O)O)=C3)C(S(=O)(=O)O)=Cc2cc(S(=O)(=O)O)cc(O)c21. The van der Waals surface area contributed by atoms with Gasteiger partial charge in [-0.05, 0) is 65.1 Å². The van der Waals surface area contributed by atoms with Gasteiger partial charge in [-0.15, -0.1) is 0 Å². The molecule has 6 rings (SSSR count). The summed E-state index contributed by atoms with van der Waals surface area (Å²) in [5.41, 5.74) is -3.72. The Morgan fingerprint density at radius 3 is 1.23 bits per heavy atom. The Hall–Kier alpha value is -6.04. The van der Waals surface area contributed by atoms with Gasteiger partial charge < -0.3 is 10.2 Å². The molecular weight excluding hydrogens is 961 g/mol. The van der Waals surface area contributed by atoms with Crippen molar-refractivity contribution in [3.63, 3.8) is 0 Å². The molecule has 0 atom stereocenters. The van der Waals surface area contributed by atoms with Gasteiger partial charge in [-0.3, -0.25) is 47.8 Å². The Labute approximate surface area is 346 Å². The van der Waals surface area contributed by atoms with Gasteiger partial charge in [0.2, 0.25) is 11.6 Å².